The highest BCUT2D eigenvalue weighted by Gasteiger charge is 2.26. The lowest BCUT2D eigenvalue weighted by Gasteiger charge is -2.24. The zero-order valence-corrected chi connectivity index (χ0v) is 13.0. The van der Waals surface area contributed by atoms with Crippen LogP contribution >= 0.6 is 0 Å². The number of nitriles is 1. The summed E-state index contributed by atoms with van der Waals surface area (Å²) in [6.07, 6.45) is 10.3. The van der Waals surface area contributed by atoms with Crippen molar-refractivity contribution in [2.45, 2.75) is 32.0 Å². The molecule has 1 saturated heterocycles. The fourth-order valence-corrected chi connectivity index (χ4v) is 3.58. The van der Waals surface area contributed by atoms with E-state index in [2.05, 4.69) is 22.3 Å². The van der Waals surface area contributed by atoms with E-state index in [0.717, 1.165) is 36.3 Å². The van der Waals surface area contributed by atoms with Crippen molar-refractivity contribution in [1.29, 1.82) is 5.26 Å². The topological polar surface area (TPSA) is 49.3 Å². The van der Waals surface area contributed by atoms with Gasteiger partial charge in [0.1, 0.15) is 6.07 Å². The molecular formula is C18H19N5. The van der Waals surface area contributed by atoms with E-state index < -0.39 is 0 Å². The molecule has 1 aliphatic heterocycles. The van der Waals surface area contributed by atoms with Gasteiger partial charge in [0, 0.05) is 42.9 Å². The predicted molar refractivity (Wildman–Crippen MR) is 87.8 cm³/mol. The van der Waals surface area contributed by atoms with Crippen molar-refractivity contribution in [1.82, 2.24) is 19.1 Å². The molecule has 0 aromatic carbocycles. The van der Waals surface area contributed by atoms with Crippen molar-refractivity contribution in [3.63, 3.8) is 0 Å². The van der Waals surface area contributed by atoms with Crippen molar-refractivity contribution >= 4 is 5.52 Å². The van der Waals surface area contributed by atoms with Gasteiger partial charge in [0.25, 0.3) is 0 Å². The van der Waals surface area contributed by atoms with Gasteiger partial charge in [-0.15, -0.1) is 0 Å². The first-order chi connectivity index (χ1) is 11.3. The van der Waals surface area contributed by atoms with Crippen molar-refractivity contribution in [3.05, 3.63) is 60.2 Å². The number of likely N-dealkylation sites (tertiary alicyclic amines) is 1. The molecule has 0 unspecified atom stereocenters. The highest BCUT2D eigenvalue weighted by molar-refractivity contribution is 5.65. The predicted octanol–water partition coefficient (Wildman–Crippen LogP) is 2.67. The molecule has 1 atom stereocenters. The number of aromatic nitrogens is 3. The van der Waals surface area contributed by atoms with E-state index in [1.54, 1.807) is 0 Å². The third-order valence-electron chi connectivity index (χ3n) is 4.70. The van der Waals surface area contributed by atoms with Gasteiger partial charge in [-0.3, -0.25) is 9.58 Å². The zero-order chi connectivity index (χ0) is 15.6. The summed E-state index contributed by atoms with van der Waals surface area (Å²) < 4.78 is 4.05. The Labute approximate surface area is 135 Å². The molecule has 1 aliphatic rings. The molecule has 5 nitrogen and oxygen atoms in total. The Bertz CT molecular complexity index is 840. The van der Waals surface area contributed by atoms with Gasteiger partial charge in [0.15, 0.2) is 0 Å². The van der Waals surface area contributed by atoms with Crippen molar-refractivity contribution in [2.24, 2.45) is 0 Å². The molecule has 1 fully saturated rings. The number of rotatable bonds is 4. The second-order valence-electron chi connectivity index (χ2n) is 6.13. The van der Waals surface area contributed by atoms with Crippen molar-refractivity contribution < 1.29 is 0 Å². The van der Waals surface area contributed by atoms with Gasteiger partial charge >= 0.3 is 0 Å². The molecule has 116 valence electrons. The molecule has 0 radical (unpaired) electrons. The molecule has 0 N–H and O–H groups in total. The van der Waals surface area contributed by atoms with Crippen molar-refractivity contribution in [2.75, 3.05) is 6.54 Å². The lowest BCUT2D eigenvalue weighted by atomic mass is 10.1. The molecule has 3 aromatic heterocycles. The van der Waals surface area contributed by atoms with Crippen LogP contribution in [0.25, 0.3) is 5.52 Å². The Kier molecular flexibility index (Phi) is 3.60. The summed E-state index contributed by atoms with van der Waals surface area (Å²) in [5.41, 5.74) is 2.91. The van der Waals surface area contributed by atoms with Crippen LogP contribution in [0.5, 0.6) is 0 Å². The first-order valence-corrected chi connectivity index (χ1v) is 8.05. The summed E-state index contributed by atoms with van der Waals surface area (Å²) in [5.74, 6) is 0. The highest BCUT2D eigenvalue weighted by Crippen LogP contribution is 2.25. The second kappa shape index (κ2) is 5.90. The quantitative estimate of drug-likeness (QED) is 0.744. The average Bonchev–Trinajstić information content (AvgIpc) is 3.28. The molecule has 23 heavy (non-hydrogen) atoms. The first-order valence-electron chi connectivity index (χ1n) is 8.05. The number of fused-ring (bicyclic) bond motifs is 1. The van der Waals surface area contributed by atoms with Gasteiger partial charge in [-0.25, -0.2) is 0 Å². The van der Waals surface area contributed by atoms with E-state index in [1.807, 2.05) is 51.9 Å². The molecule has 0 spiro atoms. The van der Waals surface area contributed by atoms with E-state index in [-0.39, 0.29) is 0 Å². The van der Waals surface area contributed by atoms with Gasteiger partial charge in [0.2, 0.25) is 0 Å². The molecule has 0 bridgehead atoms. The zero-order valence-electron chi connectivity index (χ0n) is 13.0. The van der Waals surface area contributed by atoms with E-state index >= 15 is 0 Å². The lowest BCUT2D eigenvalue weighted by Crippen LogP contribution is -2.32. The van der Waals surface area contributed by atoms with E-state index in [0.29, 0.717) is 6.04 Å². The van der Waals surface area contributed by atoms with Crippen LogP contribution in [0.2, 0.25) is 0 Å². The Balaban J connectivity index is 1.58. The fourth-order valence-electron chi connectivity index (χ4n) is 3.58. The third kappa shape index (κ3) is 2.62. The molecule has 0 saturated carbocycles. The summed E-state index contributed by atoms with van der Waals surface area (Å²) in [7, 11) is 0. The maximum atomic E-state index is 9.56. The molecule has 5 heteroatoms. The first kappa shape index (κ1) is 14.0. The van der Waals surface area contributed by atoms with Gasteiger partial charge in [0.05, 0.1) is 17.6 Å². The smallest absolute Gasteiger partial charge is 0.102 e. The monoisotopic (exact) mass is 305 g/mol. The molecule has 4 rings (SSSR count). The van der Waals surface area contributed by atoms with Crippen LogP contribution in [0.4, 0.5) is 0 Å². The highest BCUT2D eigenvalue weighted by atomic mass is 15.3. The minimum absolute atomic E-state index is 0.490. The van der Waals surface area contributed by atoms with Crippen LogP contribution in [0, 0.1) is 11.3 Å². The molecular weight excluding hydrogens is 286 g/mol. The summed E-state index contributed by atoms with van der Waals surface area (Å²) in [6.45, 7) is 2.84. The summed E-state index contributed by atoms with van der Waals surface area (Å²) in [5, 5.41) is 13.9. The van der Waals surface area contributed by atoms with Gasteiger partial charge in [-0.1, -0.05) is 6.07 Å². The Morgan fingerprint density at radius 1 is 1.26 bits per heavy atom. The standard InChI is InChI=1S/C18H19N5/c19-11-17-15(13-22-8-2-1-6-18(17)22)12-21-9-3-5-16(21)14-23-10-4-7-20-23/h1-2,4,6-8,10,13,16H,3,5,9,12,14H2/t16-/m0/s1. The minimum Gasteiger partial charge on any atom is -0.322 e. The summed E-state index contributed by atoms with van der Waals surface area (Å²) >= 11 is 0. The van der Waals surface area contributed by atoms with Crippen LogP contribution in [0.1, 0.15) is 24.0 Å². The number of pyridine rings is 1. The van der Waals surface area contributed by atoms with Crippen LogP contribution in [0.3, 0.4) is 0 Å². The maximum absolute atomic E-state index is 9.56. The van der Waals surface area contributed by atoms with Crippen LogP contribution in [0.15, 0.2) is 49.1 Å². The SMILES string of the molecule is N#Cc1c(CN2CCC[C@H]2Cn2cccn2)cn2ccccc12. The van der Waals surface area contributed by atoms with E-state index in [4.69, 9.17) is 0 Å². The Morgan fingerprint density at radius 2 is 2.22 bits per heavy atom. The third-order valence-corrected chi connectivity index (χ3v) is 4.70. The van der Waals surface area contributed by atoms with Crippen LogP contribution in [-0.4, -0.2) is 31.7 Å². The average molecular weight is 305 g/mol. The van der Waals surface area contributed by atoms with E-state index in [9.17, 15) is 5.26 Å². The number of nitrogens with zero attached hydrogens (tertiary/aromatic N) is 5. The molecule has 0 aliphatic carbocycles. The minimum atomic E-state index is 0.490. The Hall–Kier alpha value is -2.58. The fraction of sp³-hybridized carbons (Fsp3) is 0.333. The maximum Gasteiger partial charge on any atom is 0.102 e. The van der Waals surface area contributed by atoms with Gasteiger partial charge in [-0.2, -0.15) is 10.4 Å². The summed E-state index contributed by atoms with van der Waals surface area (Å²) in [6, 6.07) is 10.8. The number of hydrogen-bond acceptors (Lipinski definition) is 3. The lowest BCUT2D eigenvalue weighted by molar-refractivity contribution is 0.219. The molecule has 0 amide bonds. The van der Waals surface area contributed by atoms with Crippen LogP contribution in [-0.2, 0) is 13.1 Å². The van der Waals surface area contributed by atoms with Crippen molar-refractivity contribution in [3.8, 4) is 6.07 Å². The molecule has 3 aromatic rings. The van der Waals surface area contributed by atoms with E-state index in [1.165, 1.54) is 12.8 Å². The number of hydrogen-bond donors (Lipinski definition) is 0. The van der Waals surface area contributed by atoms with Crippen LogP contribution < -0.4 is 0 Å². The van der Waals surface area contributed by atoms with Gasteiger partial charge < -0.3 is 4.40 Å². The normalized spacial score (nSPS) is 18.5. The largest absolute Gasteiger partial charge is 0.322 e. The van der Waals surface area contributed by atoms with Gasteiger partial charge in [-0.05, 0) is 37.6 Å². The second-order valence-corrected chi connectivity index (χ2v) is 6.13. The molecule has 4 heterocycles. The Morgan fingerprint density at radius 3 is 3.04 bits per heavy atom. The summed E-state index contributed by atoms with van der Waals surface area (Å²) in [4.78, 5) is 2.48.